The van der Waals surface area contributed by atoms with Gasteiger partial charge in [0.2, 0.25) is 5.88 Å². The summed E-state index contributed by atoms with van der Waals surface area (Å²) in [5.41, 5.74) is 2.76. The second kappa shape index (κ2) is 6.68. The van der Waals surface area contributed by atoms with Crippen molar-refractivity contribution in [2.45, 2.75) is 19.9 Å². The minimum absolute atomic E-state index is 0.143. The van der Waals surface area contributed by atoms with E-state index < -0.39 is 0 Å². The van der Waals surface area contributed by atoms with Crippen molar-refractivity contribution < 1.29 is 4.74 Å². The second-order valence-corrected chi connectivity index (χ2v) is 4.80. The van der Waals surface area contributed by atoms with Crippen molar-refractivity contribution in [3.63, 3.8) is 0 Å². The fourth-order valence-electron chi connectivity index (χ4n) is 2.14. The number of hydrogen-bond donors (Lipinski definition) is 1. The van der Waals surface area contributed by atoms with Gasteiger partial charge in [0, 0.05) is 17.4 Å². The van der Waals surface area contributed by atoms with Crippen molar-refractivity contribution in [3.8, 4) is 5.88 Å². The highest BCUT2D eigenvalue weighted by Crippen LogP contribution is 2.32. The normalized spacial score (nSPS) is 12.2. The van der Waals surface area contributed by atoms with E-state index in [2.05, 4.69) is 15.3 Å². The van der Waals surface area contributed by atoms with Crippen LogP contribution in [0.25, 0.3) is 0 Å². The van der Waals surface area contributed by atoms with Gasteiger partial charge in [-0.15, -0.1) is 0 Å². The van der Waals surface area contributed by atoms with Crippen LogP contribution < -0.4 is 10.1 Å². The zero-order valence-corrected chi connectivity index (χ0v) is 12.6. The molecule has 1 unspecified atom stereocenters. The topological polar surface area (TPSA) is 47.0 Å². The summed E-state index contributed by atoms with van der Waals surface area (Å²) in [6.07, 6.45) is 3.27. The SMILES string of the molecule is CCNC(c1cccc(C)c1Cl)c1nccnc1OC. The monoisotopic (exact) mass is 291 g/mol. The minimum Gasteiger partial charge on any atom is -0.480 e. The molecule has 2 aromatic rings. The van der Waals surface area contributed by atoms with Crippen LogP contribution in [0.1, 0.15) is 29.8 Å². The molecule has 1 N–H and O–H groups in total. The lowest BCUT2D eigenvalue weighted by molar-refractivity contribution is 0.383. The third kappa shape index (κ3) is 2.92. The second-order valence-electron chi connectivity index (χ2n) is 4.42. The number of ether oxygens (including phenoxy) is 1. The lowest BCUT2D eigenvalue weighted by Crippen LogP contribution is -2.24. The summed E-state index contributed by atoms with van der Waals surface area (Å²) >= 11 is 6.44. The molecule has 1 atom stereocenters. The molecule has 20 heavy (non-hydrogen) atoms. The molecule has 0 spiro atoms. The van der Waals surface area contributed by atoms with Crippen molar-refractivity contribution in [2.24, 2.45) is 0 Å². The molecule has 5 heteroatoms. The molecule has 106 valence electrons. The maximum Gasteiger partial charge on any atom is 0.237 e. The van der Waals surface area contributed by atoms with Crippen LogP contribution in [0.4, 0.5) is 0 Å². The van der Waals surface area contributed by atoms with Crippen LogP contribution in [0.2, 0.25) is 5.02 Å². The van der Waals surface area contributed by atoms with Crippen LogP contribution in [0.5, 0.6) is 5.88 Å². The van der Waals surface area contributed by atoms with Crippen LogP contribution in [0.15, 0.2) is 30.6 Å². The largest absolute Gasteiger partial charge is 0.480 e. The van der Waals surface area contributed by atoms with Crippen molar-refractivity contribution in [3.05, 3.63) is 52.4 Å². The lowest BCUT2D eigenvalue weighted by Gasteiger charge is -2.21. The Morgan fingerprint density at radius 2 is 2.05 bits per heavy atom. The van der Waals surface area contributed by atoms with Crippen molar-refractivity contribution in [1.82, 2.24) is 15.3 Å². The van der Waals surface area contributed by atoms with E-state index in [1.807, 2.05) is 32.0 Å². The molecule has 4 nitrogen and oxygen atoms in total. The van der Waals surface area contributed by atoms with E-state index in [0.717, 1.165) is 28.4 Å². The quantitative estimate of drug-likeness (QED) is 0.919. The van der Waals surface area contributed by atoms with Gasteiger partial charge in [0.15, 0.2) is 0 Å². The van der Waals surface area contributed by atoms with Crippen molar-refractivity contribution in [1.29, 1.82) is 0 Å². The van der Waals surface area contributed by atoms with Gasteiger partial charge in [-0.3, -0.25) is 4.98 Å². The molecule has 0 fully saturated rings. The van der Waals surface area contributed by atoms with Gasteiger partial charge >= 0.3 is 0 Å². The summed E-state index contributed by atoms with van der Waals surface area (Å²) in [6, 6.07) is 5.83. The number of aryl methyl sites for hydroxylation is 1. The average molecular weight is 292 g/mol. The first-order valence-electron chi connectivity index (χ1n) is 6.52. The Kier molecular flexibility index (Phi) is 4.93. The van der Waals surface area contributed by atoms with Gasteiger partial charge in [0.25, 0.3) is 0 Å². The standard InChI is InChI=1S/C15H18ClN3O/c1-4-17-13(11-7-5-6-10(2)12(11)16)14-15(20-3)19-9-8-18-14/h5-9,13,17H,4H2,1-3H3. The summed E-state index contributed by atoms with van der Waals surface area (Å²) in [5.74, 6) is 0.510. The van der Waals surface area contributed by atoms with Crippen LogP contribution in [0, 0.1) is 6.92 Å². The molecule has 1 aromatic heterocycles. The Balaban J connectivity index is 2.53. The number of aromatic nitrogens is 2. The van der Waals surface area contributed by atoms with E-state index in [0.29, 0.717) is 5.88 Å². The fraction of sp³-hybridized carbons (Fsp3) is 0.333. The van der Waals surface area contributed by atoms with E-state index in [1.165, 1.54) is 0 Å². The molecule has 2 rings (SSSR count). The summed E-state index contributed by atoms with van der Waals surface area (Å²) in [5, 5.41) is 4.13. The first-order chi connectivity index (χ1) is 9.69. The number of nitrogens with one attached hydrogen (secondary N) is 1. The van der Waals surface area contributed by atoms with E-state index in [4.69, 9.17) is 16.3 Å². The van der Waals surface area contributed by atoms with Gasteiger partial charge < -0.3 is 10.1 Å². The van der Waals surface area contributed by atoms with Crippen LogP contribution >= 0.6 is 11.6 Å². The maximum atomic E-state index is 6.44. The van der Waals surface area contributed by atoms with E-state index >= 15 is 0 Å². The molecule has 1 aromatic carbocycles. The lowest BCUT2D eigenvalue weighted by atomic mass is 10.0. The van der Waals surface area contributed by atoms with E-state index in [1.54, 1.807) is 19.5 Å². The zero-order valence-electron chi connectivity index (χ0n) is 11.9. The fourth-order valence-corrected chi connectivity index (χ4v) is 2.38. The number of halogens is 1. The summed E-state index contributed by atoms with van der Waals surface area (Å²) < 4.78 is 5.31. The molecule has 0 aliphatic heterocycles. The van der Waals surface area contributed by atoms with E-state index in [-0.39, 0.29) is 6.04 Å². The molecule has 0 aliphatic carbocycles. The minimum atomic E-state index is -0.143. The number of rotatable bonds is 5. The highest BCUT2D eigenvalue weighted by atomic mass is 35.5. The number of methoxy groups -OCH3 is 1. The number of nitrogens with zero attached hydrogens (tertiary/aromatic N) is 2. The van der Waals surface area contributed by atoms with Crippen LogP contribution in [-0.4, -0.2) is 23.6 Å². The Hall–Kier alpha value is -1.65. The molecular weight excluding hydrogens is 274 g/mol. The Labute approximate surface area is 124 Å². The third-order valence-electron chi connectivity index (χ3n) is 3.10. The third-order valence-corrected chi connectivity index (χ3v) is 3.62. The van der Waals surface area contributed by atoms with Gasteiger partial charge in [-0.25, -0.2) is 4.98 Å². The molecule has 0 radical (unpaired) electrons. The summed E-state index contributed by atoms with van der Waals surface area (Å²) in [7, 11) is 1.59. The Bertz CT molecular complexity index is 589. The molecular formula is C15H18ClN3O. The summed E-state index contributed by atoms with van der Waals surface area (Å²) in [4.78, 5) is 8.62. The highest BCUT2D eigenvalue weighted by Gasteiger charge is 2.22. The Morgan fingerprint density at radius 1 is 1.30 bits per heavy atom. The first-order valence-corrected chi connectivity index (χ1v) is 6.90. The smallest absolute Gasteiger partial charge is 0.237 e. The van der Waals surface area contributed by atoms with Gasteiger partial charge in [0.1, 0.15) is 5.69 Å². The van der Waals surface area contributed by atoms with Crippen molar-refractivity contribution in [2.75, 3.05) is 13.7 Å². The molecule has 0 aliphatic rings. The summed E-state index contributed by atoms with van der Waals surface area (Å²) in [6.45, 7) is 4.82. The predicted molar refractivity (Wildman–Crippen MR) is 80.3 cm³/mol. The Morgan fingerprint density at radius 3 is 2.75 bits per heavy atom. The van der Waals surface area contributed by atoms with Gasteiger partial charge in [-0.1, -0.05) is 36.7 Å². The van der Waals surface area contributed by atoms with Gasteiger partial charge in [-0.05, 0) is 24.6 Å². The number of benzene rings is 1. The molecule has 0 saturated carbocycles. The predicted octanol–water partition coefficient (Wildman–Crippen LogP) is 3.15. The number of hydrogen-bond acceptors (Lipinski definition) is 4. The average Bonchev–Trinajstić information content (AvgIpc) is 2.48. The molecule has 1 heterocycles. The van der Waals surface area contributed by atoms with Crippen LogP contribution in [-0.2, 0) is 0 Å². The molecule has 0 bridgehead atoms. The highest BCUT2D eigenvalue weighted by molar-refractivity contribution is 6.32. The van der Waals surface area contributed by atoms with Crippen molar-refractivity contribution >= 4 is 11.6 Å². The maximum absolute atomic E-state index is 6.44. The van der Waals surface area contributed by atoms with Gasteiger partial charge in [-0.2, -0.15) is 0 Å². The van der Waals surface area contributed by atoms with Crippen LogP contribution in [0.3, 0.4) is 0 Å². The van der Waals surface area contributed by atoms with Gasteiger partial charge in [0.05, 0.1) is 13.2 Å². The zero-order chi connectivity index (χ0) is 14.5. The molecule has 0 amide bonds. The van der Waals surface area contributed by atoms with E-state index in [9.17, 15) is 0 Å². The first kappa shape index (κ1) is 14.8. The molecule has 0 saturated heterocycles.